The Labute approximate surface area is 97.3 Å². The number of nitrogens with one attached hydrogen (secondary N) is 1. The molecule has 0 spiro atoms. The van der Waals surface area contributed by atoms with Crippen molar-refractivity contribution in [3.8, 4) is 0 Å². The van der Waals surface area contributed by atoms with Crippen molar-refractivity contribution in [3.05, 3.63) is 48.3 Å². The molecule has 17 heavy (non-hydrogen) atoms. The van der Waals surface area contributed by atoms with E-state index in [1.54, 1.807) is 12.4 Å². The average molecular weight is 238 g/mol. The number of aromatic nitrogens is 3. The zero-order valence-corrected chi connectivity index (χ0v) is 9.05. The molecule has 0 atom stereocenters. The van der Waals surface area contributed by atoms with Crippen LogP contribution in [0, 0.1) is 0 Å². The van der Waals surface area contributed by atoms with Gasteiger partial charge in [0.15, 0.2) is 0 Å². The summed E-state index contributed by atoms with van der Waals surface area (Å²) < 4.78 is 25.8. The number of halogens is 2. The van der Waals surface area contributed by atoms with Crippen LogP contribution in [0.5, 0.6) is 0 Å². The second kappa shape index (κ2) is 5.49. The first-order chi connectivity index (χ1) is 8.27. The second-order valence-corrected chi connectivity index (χ2v) is 3.49. The fraction of sp³-hybridized carbons (Fsp3) is 0.273. The van der Waals surface area contributed by atoms with E-state index in [0.29, 0.717) is 18.9 Å². The number of pyridine rings is 1. The van der Waals surface area contributed by atoms with Crippen LogP contribution >= 0.6 is 0 Å². The topological polar surface area (TPSA) is 42.7 Å². The van der Waals surface area contributed by atoms with Gasteiger partial charge in [0.25, 0.3) is 0 Å². The van der Waals surface area contributed by atoms with Crippen LogP contribution in [0.1, 0.15) is 17.9 Å². The molecule has 90 valence electrons. The largest absolute Gasteiger partial charge is 0.319 e. The monoisotopic (exact) mass is 238 g/mol. The van der Waals surface area contributed by atoms with Crippen LogP contribution in [-0.2, 0) is 13.1 Å². The number of imidazole rings is 1. The van der Waals surface area contributed by atoms with Gasteiger partial charge in [-0.15, -0.1) is 0 Å². The Kier molecular flexibility index (Phi) is 3.77. The van der Waals surface area contributed by atoms with Gasteiger partial charge in [0.1, 0.15) is 5.82 Å². The Morgan fingerprint density at radius 2 is 2.18 bits per heavy atom. The van der Waals surface area contributed by atoms with Crippen LogP contribution in [0.2, 0.25) is 0 Å². The fourth-order valence-corrected chi connectivity index (χ4v) is 1.48. The van der Waals surface area contributed by atoms with E-state index in [1.807, 2.05) is 12.1 Å². The lowest BCUT2D eigenvalue weighted by Crippen LogP contribution is -2.17. The Morgan fingerprint density at radius 3 is 2.88 bits per heavy atom. The lowest BCUT2D eigenvalue weighted by molar-refractivity contribution is 0.0666. The molecule has 2 rings (SSSR count). The van der Waals surface area contributed by atoms with Crippen molar-refractivity contribution >= 4 is 0 Å². The highest BCUT2D eigenvalue weighted by molar-refractivity contribution is 5.08. The number of hydrogen-bond acceptors (Lipinski definition) is 3. The predicted octanol–water partition coefficient (Wildman–Crippen LogP) is 1.96. The number of nitrogens with zero attached hydrogens (tertiary/aromatic N) is 3. The van der Waals surface area contributed by atoms with Gasteiger partial charge in [-0.1, -0.05) is 6.07 Å². The van der Waals surface area contributed by atoms with Crippen LogP contribution in [0.25, 0.3) is 0 Å². The molecule has 4 nitrogen and oxygen atoms in total. The normalized spacial score (nSPS) is 11.0. The summed E-state index contributed by atoms with van der Waals surface area (Å²) in [6, 6.07) is 3.75. The molecule has 0 saturated heterocycles. The third kappa shape index (κ3) is 3.07. The highest BCUT2D eigenvalue weighted by Crippen LogP contribution is 2.12. The first-order valence-corrected chi connectivity index (χ1v) is 5.17. The van der Waals surface area contributed by atoms with Crippen molar-refractivity contribution in [1.82, 2.24) is 19.9 Å². The number of alkyl halides is 2. The number of rotatable bonds is 5. The van der Waals surface area contributed by atoms with Crippen molar-refractivity contribution in [2.75, 3.05) is 0 Å². The maximum Gasteiger partial charge on any atom is 0.319 e. The van der Waals surface area contributed by atoms with Crippen molar-refractivity contribution in [1.29, 1.82) is 0 Å². The predicted molar refractivity (Wildman–Crippen MR) is 58.3 cm³/mol. The van der Waals surface area contributed by atoms with E-state index in [9.17, 15) is 8.78 Å². The van der Waals surface area contributed by atoms with Crippen LogP contribution < -0.4 is 5.32 Å². The minimum absolute atomic E-state index is 0.298. The lowest BCUT2D eigenvalue weighted by Gasteiger charge is -2.07. The van der Waals surface area contributed by atoms with E-state index in [0.717, 1.165) is 10.1 Å². The van der Waals surface area contributed by atoms with Gasteiger partial charge in [-0.2, -0.15) is 8.78 Å². The van der Waals surface area contributed by atoms with Crippen molar-refractivity contribution in [2.24, 2.45) is 0 Å². The van der Waals surface area contributed by atoms with Crippen molar-refractivity contribution in [2.45, 2.75) is 19.6 Å². The van der Waals surface area contributed by atoms with Gasteiger partial charge in [0, 0.05) is 31.3 Å². The quantitative estimate of drug-likeness (QED) is 0.865. The van der Waals surface area contributed by atoms with Gasteiger partial charge < -0.3 is 5.32 Å². The number of hydrogen-bond donors (Lipinski definition) is 1. The zero-order chi connectivity index (χ0) is 12.1. The summed E-state index contributed by atoms with van der Waals surface area (Å²) >= 11 is 0. The summed E-state index contributed by atoms with van der Waals surface area (Å²) in [7, 11) is 0. The molecule has 2 aromatic rings. The first-order valence-electron chi connectivity index (χ1n) is 5.17. The van der Waals surface area contributed by atoms with Gasteiger partial charge in [-0.3, -0.25) is 9.55 Å². The fourth-order valence-electron chi connectivity index (χ4n) is 1.48. The average Bonchev–Trinajstić information content (AvgIpc) is 2.79. The molecule has 0 aliphatic heterocycles. The van der Waals surface area contributed by atoms with Crippen LogP contribution in [-0.4, -0.2) is 14.5 Å². The highest BCUT2D eigenvalue weighted by Gasteiger charge is 2.10. The summed E-state index contributed by atoms with van der Waals surface area (Å²) in [4.78, 5) is 7.84. The standard InChI is InChI=1S/C11H12F2N4/c12-11(13)17-5-4-16-10(17)8-15-7-9-2-1-3-14-6-9/h1-6,11,15H,7-8H2. The highest BCUT2D eigenvalue weighted by atomic mass is 19.3. The SMILES string of the molecule is FC(F)n1ccnc1CNCc1cccnc1. The van der Waals surface area contributed by atoms with Crippen LogP contribution in [0.3, 0.4) is 0 Å². The third-order valence-corrected chi connectivity index (χ3v) is 2.29. The minimum Gasteiger partial charge on any atom is -0.306 e. The molecule has 0 amide bonds. The second-order valence-electron chi connectivity index (χ2n) is 3.49. The maximum atomic E-state index is 12.5. The Bertz CT molecular complexity index is 456. The third-order valence-electron chi connectivity index (χ3n) is 2.29. The van der Waals surface area contributed by atoms with Gasteiger partial charge in [0.05, 0.1) is 6.54 Å². The van der Waals surface area contributed by atoms with Crippen LogP contribution in [0.4, 0.5) is 8.78 Å². The molecule has 1 N–H and O–H groups in total. The molecule has 0 bridgehead atoms. The molecule has 2 heterocycles. The van der Waals surface area contributed by atoms with Crippen LogP contribution in [0.15, 0.2) is 36.9 Å². The van der Waals surface area contributed by atoms with E-state index < -0.39 is 6.55 Å². The molecule has 6 heteroatoms. The van der Waals surface area contributed by atoms with Gasteiger partial charge in [-0.05, 0) is 11.6 Å². The summed E-state index contributed by atoms with van der Waals surface area (Å²) in [5, 5.41) is 3.04. The zero-order valence-electron chi connectivity index (χ0n) is 9.05. The molecule has 0 aliphatic rings. The molecule has 0 saturated carbocycles. The molecule has 0 fully saturated rings. The molecule has 0 unspecified atom stereocenters. The van der Waals surface area contributed by atoms with Gasteiger partial charge in [0.2, 0.25) is 0 Å². The van der Waals surface area contributed by atoms with Crippen molar-refractivity contribution in [3.63, 3.8) is 0 Å². The maximum absolute atomic E-state index is 12.5. The Balaban J connectivity index is 1.88. The Hall–Kier alpha value is -1.82. The van der Waals surface area contributed by atoms with E-state index >= 15 is 0 Å². The molecule has 0 aromatic carbocycles. The lowest BCUT2D eigenvalue weighted by atomic mass is 10.3. The smallest absolute Gasteiger partial charge is 0.306 e. The summed E-state index contributed by atoms with van der Waals surface area (Å²) in [6.45, 7) is -1.68. The summed E-state index contributed by atoms with van der Waals surface area (Å²) in [5.74, 6) is 0.323. The summed E-state index contributed by atoms with van der Waals surface area (Å²) in [6.07, 6.45) is 6.05. The Morgan fingerprint density at radius 1 is 1.29 bits per heavy atom. The van der Waals surface area contributed by atoms with E-state index in [1.165, 1.54) is 12.4 Å². The van der Waals surface area contributed by atoms with E-state index in [2.05, 4.69) is 15.3 Å². The van der Waals surface area contributed by atoms with E-state index in [-0.39, 0.29) is 0 Å². The van der Waals surface area contributed by atoms with Gasteiger partial charge >= 0.3 is 6.55 Å². The molecule has 0 aliphatic carbocycles. The molecule has 2 aromatic heterocycles. The first kappa shape index (κ1) is 11.7. The van der Waals surface area contributed by atoms with E-state index in [4.69, 9.17) is 0 Å². The summed E-state index contributed by atoms with van der Waals surface area (Å²) in [5.41, 5.74) is 1.00. The molecule has 0 radical (unpaired) electrons. The van der Waals surface area contributed by atoms with Gasteiger partial charge in [-0.25, -0.2) is 4.98 Å². The van der Waals surface area contributed by atoms with Crippen molar-refractivity contribution < 1.29 is 8.78 Å². The minimum atomic E-state index is -2.55. The molecular weight excluding hydrogens is 226 g/mol. The molecular formula is C11H12F2N4.